The summed E-state index contributed by atoms with van der Waals surface area (Å²) < 4.78 is 11.8. The monoisotopic (exact) mass is 363 g/mol. The Morgan fingerprint density at radius 2 is 1.89 bits per heavy atom. The lowest BCUT2D eigenvalue weighted by atomic mass is 10.1. The van der Waals surface area contributed by atoms with Gasteiger partial charge in [-0.05, 0) is 35.9 Å². The van der Waals surface area contributed by atoms with Gasteiger partial charge in [0, 0.05) is 30.6 Å². The fourth-order valence-electron chi connectivity index (χ4n) is 3.32. The fourth-order valence-corrected chi connectivity index (χ4v) is 3.32. The third-order valence-electron chi connectivity index (χ3n) is 4.69. The number of hydrogen-bond donors (Lipinski definition) is 1. The van der Waals surface area contributed by atoms with Crippen LogP contribution in [-0.2, 0) is 24.4 Å². The van der Waals surface area contributed by atoms with Crippen molar-refractivity contribution in [2.75, 3.05) is 13.1 Å². The highest BCUT2D eigenvalue weighted by molar-refractivity contribution is 5.69. The van der Waals surface area contributed by atoms with Gasteiger partial charge in [-0.25, -0.2) is 0 Å². The second kappa shape index (κ2) is 7.68. The summed E-state index contributed by atoms with van der Waals surface area (Å²) in [5, 5.41) is 8.96. The Labute approximate surface area is 157 Å². The molecule has 2 aromatic carbocycles. The van der Waals surface area contributed by atoms with Crippen LogP contribution in [-0.4, -0.2) is 29.1 Å². The fraction of sp³-hybridized carbons (Fsp3) is 0.227. The first-order valence-corrected chi connectivity index (χ1v) is 9.00. The third kappa shape index (κ3) is 4.20. The maximum absolute atomic E-state index is 10.9. The molecule has 0 saturated carbocycles. The van der Waals surface area contributed by atoms with Crippen molar-refractivity contribution in [1.29, 1.82) is 0 Å². The van der Waals surface area contributed by atoms with Gasteiger partial charge in [-0.15, -0.1) is 0 Å². The largest absolute Gasteiger partial charge is 0.489 e. The molecule has 0 unspecified atom stereocenters. The Bertz CT molecular complexity index is 915. The van der Waals surface area contributed by atoms with E-state index in [0.717, 1.165) is 40.4 Å². The lowest BCUT2D eigenvalue weighted by Gasteiger charge is -2.23. The van der Waals surface area contributed by atoms with Gasteiger partial charge >= 0.3 is 5.97 Å². The molecule has 1 N–H and O–H groups in total. The van der Waals surface area contributed by atoms with Gasteiger partial charge < -0.3 is 14.3 Å². The van der Waals surface area contributed by atoms with Gasteiger partial charge in [0.05, 0.1) is 6.54 Å². The molecule has 0 amide bonds. The molecular weight excluding hydrogens is 342 g/mol. The van der Waals surface area contributed by atoms with E-state index < -0.39 is 5.97 Å². The smallest absolute Gasteiger partial charge is 0.317 e. The number of carboxylic acids is 1. The molecule has 0 fully saturated rings. The van der Waals surface area contributed by atoms with Crippen molar-refractivity contribution < 1.29 is 19.1 Å². The molecule has 138 valence electrons. The van der Waals surface area contributed by atoms with E-state index in [-0.39, 0.29) is 6.54 Å². The van der Waals surface area contributed by atoms with Crippen molar-refractivity contribution in [2.45, 2.75) is 19.6 Å². The van der Waals surface area contributed by atoms with Crippen molar-refractivity contribution >= 4 is 5.97 Å². The summed E-state index contributed by atoms with van der Waals surface area (Å²) in [6.45, 7) is 1.92. The van der Waals surface area contributed by atoms with Crippen LogP contribution in [0.3, 0.4) is 0 Å². The minimum atomic E-state index is -0.798. The minimum Gasteiger partial charge on any atom is -0.489 e. The predicted molar refractivity (Wildman–Crippen MR) is 102 cm³/mol. The van der Waals surface area contributed by atoms with Crippen LogP contribution in [0.2, 0.25) is 0 Å². The second-order valence-corrected chi connectivity index (χ2v) is 6.71. The van der Waals surface area contributed by atoms with E-state index in [1.807, 2.05) is 65.6 Å². The lowest BCUT2D eigenvalue weighted by molar-refractivity contribution is -0.138. The maximum Gasteiger partial charge on any atom is 0.317 e. The molecule has 1 aliphatic heterocycles. The molecule has 1 aliphatic rings. The first kappa shape index (κ1) is 17.4. The van der Waals surface area contributed by atoms with E-state index in [2.05, 4.69) is 0 Å². The molecule has 5 heteroatoms. The molecule has 0 bridgehead atoms. The Morgan fingerprint density at radius 3 is 2.63 bits per heavy atom. The van der Waals surface area contributed by atoms with Crippen molar-refractivity contribution in [1.82, 2.24) is 4.90 Å². The number of carboxylic acid groups (broad SMARTS) is 1. The lowest BCUT2D eigenvalue weighted by Crippen LogP contribution is -2.34. The summed E-state index contributed by atoms with van der Waals surface area (Å²) in [5.41, 5.74) is 3.19. The number of rotatable bonds is 6. The summed E-state index contributed by atoms with van der Waals surface area (Å²) >= 11 is 0. The van der Waals surface area contributed by atoms with Crippen molar-refractivity contribution in [2.24, 2.45) is 0 Å². The van der Waals surface area contributed by atoms with Gasteiger partial charge in [0.1, 0.15) is 23.9 Å². The van der Waals surface area contributed by atoms with Crippen LogP contribution in [0.4, 0.5) is 0 Å². The summed E-state index contributed by atoms with van der Waals surface area (Å²) in [5.74, 6) is 1.78. The molecule has 4 rings (SSSR count). The van der Waals surface area contributed by atoms with Crippen molar-refractivity contribution in [3.05, 3.63) is 77.6 Å². The highest BCUT2D eigenvalue weighted by Gasteiger charge is 2.22. The molecule has 5 nitrogen and oxygen atoms in total. The number of aliphatic carboxylic acids is 1. The molecule has 3 aromatic rings. The highest BCUT2D eigenvalue weighted by Crippen LogP contribution is 2.30. The first-order chi connectivity index (χ1) is 13.2. The Morgan fingerprint density at radius 1 is 1.11 bits per heavy atom. The molecule has 0 saturated heterocycles. The number of hydrogen-bond acceptors (Lipinski definition) is 4. The van der Waals surface area contributed by atoms with Gasteiger partial charge in [-0.1, -0.05) is 30.3 Å². The molecule has 27 heavy (non-hydrogen) atoms. The van der Waals surface area contributed by atoms with Gasteiger partial charge in [0.2, 0.25) is 0 Å². The number of nitrogens with zero attached hydrogens (tertiary/aromatic N) is 1. The quantitative estimate of drug-likeness (QED) is 0.718. The topological polar surface area (TPSA) is 62.9 Å². The predicted octanol–water partition coefficient (Wildman–Crippen LogP) is 3.97. The summed E-state index contributed by atoms with van der Waals surface area (Å²) in [6, 6.07) is 19.9. The zero-order chi connectivity index (χ0) is 18.6. The van der Waals surface area contributed by atoms with E-state index in [0.29, 0.717) is 19.7 Å². The Hall–Kier alpha value is -3.05. The number of ether oxygens (including phenoxy) is 1. The normalized spacial score (nSPS) is 13.9. The SMILES string of the molecule is O=C(O)CN1CCc2oc(-c3ccc(OCc4ccccc4)cc3)cc2C1. The van der Waals surface area contributed by atoms with Gasteiger partial charge in [-0.2, -0.15) is 0 Å². The molecule has 0 aliphatic carbocycles. The Kier molecular flexibility index (Phi) is 4.94. The third-order valence-corrected chi connectivity index (χ3v) is 4.69. The zero-order valence-corrected chi connectivity index (χ0v) is 14.9. The standard InChI is InChI=1S/C22H21NO4/c24-22(25)14-23-11-10-20-18(13-23)12-21(27-20)17-6-8-19(9-7-17)26-15-16-4-2-1-3-5-16/h1-9,12H,10-11,13-15H2,(H,24,25). The van der Waals surface area contributed by atoms with E-state index in [4.69, 9.17) is 14.3 Å². The zero-order valence-electron chi connectivity index (χ0n) is 14.9. The molecule has 1 aromatic heterocycles. The average Bonchev–Trinajstić information content (AvgIpc) is 3.10. The highest BCUT2D eigenvalue weighted by atomic mass is 16.5. The van der Waals surface area contributed by atoms with E-state index in [9.17, 15) is 4.79 Å². The van der Waals surface area contributed by atoms with E-state index in [1.165, 1.54) is 0 Å². The van der Waals surface area contributed by atoms with Crippen molar-refractivity contribution in [3.8, 4) is 17.1 Å². The van der Waals surface area contributed by atoms with Crippen LogP contribution in [0.1, 0.15) is 16.9 Å². The first-order valence-electron chi connectivity index (χ1n) is 9.00. The second-order valence-electron chi connectivity index (χ2n) is 6.71. The van der Waals surface area contributed by atoms with E-state index >= 15 is 0 Å². The van der Waals surface area contributed by atoms with Crippen LogP contribution < -0.4 is 4.74 Å². The molecule has 0 atom stereocenters. The summed E-state index contributed by atoms with van der Waals surface area (Å²) in [4.78, 5) is 12.8. The molecule has 0 radical (unpaired) electrons. The number of benzene rings is 2. The average molecular weight is 363 g/mol. The van der Waals surface area contributed by atoms with Crippen molar-refractivity contribution in [3.63, 3.8) is 0 Å². The number of carbonyl (C=O) groups is 1. The number of fused-ring (bicyclic) bond motifs is 1. The number of furan rings is 1. The van der Waals surface area contributed by atoms with Crippen LogP contribution >= 0.6 is 0 Å². The molecular formula is C22H21NO4. The minimum absolute atomic E-state index is 0.0629. The van der Waals surface area contributed by atoms with Gasteiger partial charge in [0.15, 0.2) is 0 Å². The van der Waals surface area contributed by atoms with Gasteiger partial charge in [-0.3, -0.25) is 9.69 Å². The summed E-state index contributed by atoms with van der Waals surface area (Å²) in [6.07, 6.45) is 0.737. The van der Waals surface area contributed by atoms with Crippen LogP contribution in [0, 0.1) is 0 Å². The van der Waals surface area contributed by atoms with Crippen LogP contribution in [0.15, 0.2) is 65.1 Å². The van der Waals surface area contributed by atoms with Crippen LogP contribution in [0.5, 0.6) is 5.75 Å². The van der Waals surface area contributed by atoms with E-state index in [1.54, 1.807) is 0 Å². The van der Waals surface area contributed by atoms with Crippen LogP contribution in [0.25, 0.3) is 11.3 Å². The molecule has 0 spiro atoms. The maximum atomic E-state index is 10.9. The Balaban J connectivity index is 1.42. The van der Waals surface area contributed by atoms with Gasteiger partial charge in [0.25, 0.3) is 0 Å². The summed E-state index contributed by atoms with van der Waals surface area (Å²) in [7, 11) is 0. The molecule has 2 heterocycles.